The Kier molecular flexibility index (Phi) is 11.5. The SMILES string of the molecule is COc1ccc(C(Cc2c(Cl)cncc2Cl)OC(=O)c2cccc(CNC(C(=O)O[C@H]3CN4CCC3CC4)c3ccc(F)cc3)c2)cc1OC. The molecule has 9 nitrogen and oxygen atoms in total. The van der Waals surface area contributed by atoms with Crippen LogP contribution in [0.2, 0.25) is 10.0 Å². The number of benzene rings is 3. The number of pyridine rings is 1. The number of esters is 2. The Morgan fingerprint density at radius 3 is 2.30 bits per heavy atom. The first-order chi connectivity index (χ1) is 24.2. The van der Waals surface area contributed by atoms with E-state index < -0.39 is 29.9 Å². The average molecular weight is 723 g/mol. The lowest BCUT2D eigenvalue weighted by Crippen LogP contribution is -2.52. The van der Waals surface area contributed by atoms with Crippen LogP contribution in [-0.4, -0.2) is 61.8 Å². The first kappa shape index (κ1) is 35.6. The van der Waals surface area contributed by atoms with E-state index in [1.54, 1.807) is 48.5 Å². The van der Waals surface area contributed by atoms with Gasteiger partial charge < -0.3 is 18.9 Å². The lowest BCUT2D eigenvalue weighted by atomic mass is 9.86. The summed E-state index contributed by atoms with van der Waals surface area (Å²) in [6.07, 6.45) is 4.17. The number of rotatable bonds is 13. The van der Waals surface area contributed by atoms with Crippen molar-refractivity contribution in [3.8, 4) is 11.5 Å². The third-order valence-electron chi connectivity index (χ3n) is 9.35. The molecule has 50 heavy (non-hydrogen) atoms. The van der Waals surface area contributed by atoms with E-state index in [0.717, 1.165) is 38.0 Å². The van der Waals surface area contributed by atoms with Crippen LogP contribution in [0.5, 0.6) is 11.5 Å². The highest BCUT2D eigenvalue weighted by atomic mass is 35.5. The van der Waals surface area contributed by atoms with E-state index in [4.69, 9.17) is 42.1 Å². The highest BCUT2D eigenvalue weighted by Crippen LogP contribution is 2.36. The van der Waals surface area contributed by atoms with Crippen molar-refractivity contribution in [3.05, 3.63) is 123 Å². The minimum absolute atomic E-state index is 0.170. The van der Waals surface area contributed by atoms with Crippen LogP contribution >= 0.6 is 23.2 Å². The molecule has 0 spiro atoms. The van der Waals surface area contributed by atoms with Gasteiger partial charge in [-0.15, -0.1) is 0 Å². The number of hydrogen-bond donors (Lipinski definition) is 1. The lowest BCUT2D eigenvalue weighted by molar-refractivity contribution is -0.161. The lowest BCUT2D eigenvalue weighted by Gasteiger charge is -2.44. The van der Waals surface area contributed by atoms with Crippen LogP contribution in [0.3, 0.4) is 0 Å². The molecule has 3 aromatic carbocycles. The number of ether oxygens (including phenoxy) is 4. The minimum Gasteiger partial charge on any atom is -0.493 e. The van der Waals surface area contributed by atoms with E-state index in [9.17, 15) is 14.0 Å². The first-order valence-electron chi connectivity index (χ1n) is 16.4. The Labute approximate surface area is 300 Å². The number of nitrogens with one attached hydrogen (secondary N) is 1. The first-order valence-corrected chi connectivity index (χ1v) is 17.2. The molecule has 12 heteroatoms. The van der Waals surface area contributed by atoms with Crippen molar-refractivity contribution >= 4 is 35.1 Å². The van der Waals surface area contributed by atoms with Gasteiger partial charge in [0.1, 0.15) is 24.1 Å². The number of carbonyl (C=O) groups excluding carboxylic acids is 2. The molecule has 3 atom stereocenters. The van der Waals surface area contributed by atoms with Crippen molar-refractivity contribution < 1.29 is 32.9 Å². The van der Waals surface area contributed by atoms with E-state index in [-0.39, 0.29) is 19.1 Å². The molecular formula is C38H38Cl2FN3O6. The van der Waals surface area contributed by atoms with Gasteiger partial charge in [0.15, 0.2) is 11.5 Å². The molecule has 0 aliphatic carbocycles. The molecule has 2 unspecified atom stereocenters. The summed E-state index contributed by atoms with van der Waals surface area (Å²) in [5, 5.41) is 3.97. The van der Waals surface area contributed by atoms with Crippen molar-refractivity contribution in [1.82, 2.24) is 15.2 Å². The molecule has 4 heterocycles. The number of carbonyl (C=O) groups is 2. The summed E-state index contributed by atoms with van der Waals surface area (Å²) in [5.74, 6) is -0.0676. The van der Waals surface area contributed by atoms with E-state index in [0.29, 0.717) is 49.7 Å². The Bertz CT molecular complexity index is 1800. The summed E-state index contributed by atoms with van der Waals surface area (Å²) in [7, 11) is 3.06. The number of nitrogens with zero attached hydrogens (tertiary/aromatic N) is 2. The topological polar surface area (TPSA) is 99.2 Å². The smallest absolute Gasteiger partial charge is 0.338 e. The number of halogens is 3. The second kappa shape index (κ2) is 16.2. The minimum atomic E-state index is -0.842. The third kappa shape index (κ3) is 8.38. The zero-order valence-corrected chi connectivity index (χ0v) is 29.3. The molecule has 0 saturated carbocycles. The number of hydrogen-bond acceptors (Lipinski definition) is 9. The standard InChI is InChI=1S/C38H38Cl2FN3O6/c1-47-32-11-8-26(17-34(32)48-2)33(18-29-30(39)20-42-21-31(29)40)49-37(45)27-5-3-4-23(16-27)19-43-36(25-6-9-28(41)10-7-25)38(46)50-35-22-44-14-12-24(35)13-15-44/h3-11,16-17,20-21,24,33,35-36,43H,12-15,18-19,22H2,1-2H3/t33?,35-,36?/m0/s1. The summed E-state index contributed by atoms with van der Waals surface area (Å²) in [5.41, 5.74) is 2.83. The second-order valence-electron chi connectivity index (χ2n) is 12.5. The number of aromatic nitrogens is 1. The normalized spacial score (nSPS) is 19.3. The van der Waals surface area contributed by atoms with Gasteiger partial charge in [-0.1, -0.05) is 53.5 Å². The van der Waals surface area contributed by atoms with Gasteiger partial charge in [-0.25, -0.2) is 14.0 Å². The largest absolute Gasteiger partial charge is 0.493 e. The van der Waals surface area contributed by atoms with Crippen LogP contribution in [0.25, 0.3) is 0 Å². The predicted molar refractivity (Wildman–Crippen MR) is 187 cm³/mol. The molecule has 3 saturated heterocycles. The molecule has 0 amide bonds. The summed E-state index contributed by atoms with van der Waals surface area (Å²) < 4.78 is 36.9. The molecule has 262 valence electrons. The van der Waals surface area contributed by atoms with Crippen molar-refractivity contribution in [3.63, 3.8) is 0 Å². The number of piperidine rings is 3. The van der Waals surface area contributed by atoms with E-state index >= 15 is 0 Å². The van der Waals surface area contributed by atoms with Gasteiger partial charge in [-0.3, -0.25) is 15.2 Å². The van der Waals surface area contributed by atoms with E-state index in [1.807, 2.05) is 6.07 Å². The summed E-state index contributed by atoms with van der Waals surface area (Å²) in [4.78, 5) is 33.7. The fourth-order valence-corrected chi connectivity index (χ4v) is 7.10. The summed E-state index contributed by atoms with van der Waals surface area (Å²) in [6, 6.07) is 17.2. The number of fused-ring (bicyclic) bond motifs is 3. The Hall–Kier alpha value is -4.22. The predicted octanol–water partition coefficient (Wildman–Crippen LogP) is 7.15. The van der Waals surface area contributed by atoms with Crippen LogP contribution in [0, 0.1) is 11.7 Å². The third-order valence-corrected chi connectivity index (χ3v) is 10.00. The van der Waals surface area contributed by atoms with Gasteiger partial charge in [0.05, 0.1) is 29.8 Å². The molecule has 3 fully saturated rings. The van der Waals surface area contributed by atoms with Crippen molar-refractivity contribution in [2.24, 2.45) is 5.92 Å². The quantitative estimate of drug-likeness (QED) is 0.144. The Balaban J connectivity index is 1.20. The van der Waals surface area contributed by atoms with Gasteiger partial charge in [0.25, 0.3) is 0 Å². The van der Waals surface area contributed by atoms with Gasteiger partial charge >= 0.3 is 11.9 Å². The average Bonchev–Trinajstić information content (AvgIpc) is 3.13. The van der Waals surface area contributed by atoms with Crippen LogP contribution in [0.1, 0.15) is 57.6 Å². The summed E-state index contributed by atoms with van der Waals surface area (Å²) in [6.45, 7) is 3.00. The molecule has 0 radical (unpaired) electrons. The van der Waals surface area contributed by atoms with Crippen molar-refractivity contribution in [2.75, 3.05) is 33.9 Å². The van der Waals surface area contributed by atoms with E-state index in [1.165, 1.54) is 38.7 Å². The maximum absolute atomic E-state index is 13.8. The molecule has 7 rings (SSSR count). The fourth-order valence-electron chi connectivity index (χ4n) is 6.58. The van der Waals surface area contributed by atoms with Gasteiger partial charge in [0.2, 0.25) is 0 Å². The van der Waals surface area contributed by atoms with Gasteiger partial charge in [0, 0.05) is 31.9 Å². The highest BCUT2D eigenvalue weighted by Gasteiger charge is 2.38. The highest BCUT2D eigenvalue weighted by molar-refractivity contribution is 6.35. The molecule has 3 aliphatic rings. The van der Waals surface area contributed by atoms with Crippen molar-refractivity contribution in [2.45, 2.75) is 44.1 Å². The molecule has 4 aromatic rings. The van der Waals surface area contributed by atoms with Crippen LogP contribution < -0.4 is 14.8 Å². The molecule has 1 aromatic heterocycles. The van der Waals surface area contributed by atoms with Gasteiger partial charge in [-0.2, -0.15) is 0 Å². The van der Waals surface area contributed by atoms with Crippen LogP contribution in [0.15, 0.2) is 79.1 Å². The zero-order valence-electron chi connectivity index (χ0n) is 27.7. The summed E-state index contributed by atoms with van der Waals surface area (Å²) >= 11 is 12.9. The molecule has 3 aliphatic heterocycles. The monoisotopic (exact) mass is 721 g/mol. The maximum atomic E-state index is 13.8. The Morgan fingerprint density at radius 2 is 1.64 bits per heavy atom. The van der Waals surface area contributed by atoms with Gasteiger partial charge in [-0.05, 0) is 90.5 Å². The van der Waals surface area contributed by atoms with E-state index in [2.05, 4.69) is 15.2 Å². The zero-order chi connectivity index (χ0) is 35.2. The molecular weight excluding hydrogens is 684 g/mol. The number of methoxy groups -OCH3 is 2. The maximum Gasteiger partial charge on any atom is 0.338 e. The fraction of sp³-hybridized carbons (Fsp3) is 0.342. The second-order valence-corrected chi connectivity index (χ2v) is 13.3. The van der Waals surface area contributed by atoms with Crippen molar-refractivity contribution in [1.29, 1.82) is 0 Å². The van der Waals surface area contributed by atoms with Crippen LogP contribution in [0.4, 0.5) is 4.39 Å². The Morgan fingerprint density at radius 1 is 0.940 bits per heavy atom. The van der Waals surface area contributed by atoms with Crippen LogP contribution in [-0.2, 0) is 27.2 Å². The molecule has 2 bridgehead atoms. The molecule has 1 N–H and O–H groups in total.